The van der Waals surface area contributed by atoms with Crippen LogP contribution >= 0.6 is 0 Å². The topological polar surface area (TPSA) is 20.2 Å². The zero-order chi connectivity index (χ0) is 7.28. The lowest BCUT2D eigenvalue weighted by molar-refractivity contribution is 0.270. The van der Waals surface area contributed by atoms with Gasteiger partial charge in [0.1, 0.15) is 0 Å². The van der Waals surface area contributed by atoms with Gasteiger partial charge in [-0.1, -0.05) is 23.8 Å². The van der Waals surface area contributed by atoms with Crippen molar-refractivity contribution in [2.45, 2.75) is 26.9 Å². The Morgan fingerprint density at radius 2 is 2.00 bits per heavy atom. The molecule has 52 valence electrons. The van der Waals surface area contributed by atoms with Crippen LogP contribution in [-0.2, 0) is 0 Å². The van der Waals surface area contributed by atoms with Crippen LogP contribution in [0.1, 0.15) is 20.8 Å². The summed E-state index contributed by atoms with van der Waals surface area (Å²) in [7, 11) is 0. The number of aliphatic hydroxyl groups excluding tert-OH is 1. The molecule has 0 radical (unpaired) electrons. The minimum atomic E-state index is -0.403. The Morgan fingerprint density at radius 1 is 1.44 bits per heavy atom. The van der Waals surface area contributed by atoms with E-state index in [-0.39, 0.29) is 0 Å². The second-order valence-corrected chi connectivity index (χ2v) is 2.26. The van der Waals surface area contributed by atoms with Crippen molar-refractivity contribution in [3.63, 3.8) is 0 Å². The van der Waals surface area contributed by atoms with Crippen LogP contribution in [0.2, 0.25) is 0 Å². The van der Waals surface area contributed by atoms with Crippen molar-refractivity contribution < 1.29 is 5.11 Å². The molecule has 1 unspecified atom stereocenters. The molecule has 0 spiro atoms. The molecule has 0 aromatic heterocycles. The highest BCUT2D eigenvalue weighted by molar-refractivity contribution is 5.05. The number of rotatable bonds is 2. The van der Waals surface area contributed by atoms with Crippen LogP contribution in [0.5, 0.6) is 0 Å². The molecule has 0 rings (SSSR count). The Hall–Kier alpha value is -0.560. The smallest absolute Gasteiger partial charge is 0.0904 e. The molecule has 0 aliphatic carbocycles. The predicted octanol–water partition coefficient (Wildman–Crippen LogP) is 1.89. The van der Waals surface area contributed by atoms with Crippen LogP contribution < -0.4 is 0 Å². The van der Waals surface area contributed by atoms with Gasteiger partial charge in [-0.3, -0.25) is 0 Å². The van der Waals surface area contributed by atoms with Crippen LogP contribution in [-0.4, -0.2) is 11.2 Å². The number of aliphatic hydroxyl groups is 1. The summed E-state index contributed by atoms with van der Waals surface area (Å²) in [4.78, 5) is 0. The molecule has 1 N–H and O–H groups in total. The summed E-state index contributed by atoms with van der Waals surface area (Å²) in [5, 5.41) is 9.06. The fourth-order valence-electron chi connectivity index (χ4n) is 0.594. The first-order valence-corrected chi connectivity index (χ1v) is 3.12. The zero-order valence-electron chi connectivity index (χ0n) is 6.26. The summed E-state index contributed by atoms with van der Waals surface area (Å²) < 4.78 is 0. The van der Waals surface area contributed by atoms with Gasteiger partial charge in [0.05, 0.1) is 6.10 Å². The Kier molecular flexibility index (Phi) is 4.06. The summed E-state index contributed by atoms with van der Waals surface area (Å²) >= 11 is 0. The summed E-state index contributed by atoms with van der Waals surface area (Å²) in [6.45, 7) is 5.82. The van der Waals surface area contributed by atoms with E-state index in [0.717, 1.165) is 5.57 Å². The highest BCUT2D eigenvalue weighted by Crippen LogP contribution is 1.94. The largest absolute Gasteiger partial charge is 0.385 e. The van der Waals surface area contributed by atoms with E-state index in [1.54, 1.807) is 12.2 Å². The first-order chi connectivity index (χ1) is 4.16. The van der Waals surface area contributed by atoms with E-state index in [1.165, 1.54) is 0 Å². The van der Waals surface area contributed by atoms with Crippen molar-refractivity contribution in [1.29, 1.82) is 0 Å². The van der Waals surface area contributed by atoms with Gasteiger partial charge in [-0.15, -0.1) is 0 Å². The van der Waals surface area contributed by atoms with Crippen molar-refractivity contribution in [3.05, 3.63) is 23.8 Å². The molecule has 9 heavy (non-hydrogen) atoms. The molecular formula is C8H14O. The van der Waals surface area contributed by atoms with Gasteiger partial charge in [-0.05, 0) is 20.8 Å². The molecule has 0 aliphatic rings. The molecule has 0 aliphatic heterocycles. The summed E-state index contributed by atoms with van der Waals surface area (Å²) in [5.74, 6) is 0. The van der Waals surface area contributed by atoms with Gasteiger partial charge in [0.2, 0.25) is 0 Å². The van der Waals surface area contributed by atoms with E-state index in [0.29, 0.717) is 0 Å². The van der Waals surface area contributed by atoms with Crippen LogP contribution in [0.25, 0.3) is 0 Å². The average Bonchev–Trinajstić information content (AvgIpc) is 1.63. The monoisotopic (exact) mass is 126 g/mol. The van der Waals surface area contributed by atoms with Crippen LogP contribution in [0.15, 0.2) is 23.8 Å². The maximum atomic E-state index is 9.06. The predicted molar refractivity (Wildman–Crippen MR) is 40.3 cm³/mol. The molecule has 0 amide bonds. The Balaban J connectivity index is 3.76. The molecule has 0 bridgehead atoms. The molecule has 0 heterocycles. The van der Waals surface area contributed by atoms with Crippen molar-refractivity contribution >= 4 is 0 Å². The molecule has 1 heteroatoms. The van der Waals surface area contributed by atoms with Crippen molar-refractivity contribution in [2.75, 3.05) is 0 Å². The average molecular weight is 126 g/mol. The minimum absolute atomic E-state index is 0.403. The van der Waals surface area contributed by atoms with E-state index in [1.807, 2.05) is 26.8 Å². The highest BCUT2D eigenvalue weighted by atomic mass is 16.3. The molecule has 0 aromatic rings. The first kappa shape index (κ1) is 8.44. The molecule has 1 nitrogen and oxygen atoms in total. The standard InChI is InChI=1S/C8H14O/c1-4-5-8(9)6-7(2)3/h4-6,8-9H,1-3H3/b5-4+. The summed E-state index contributed by atoms with van der Waals surface area (Å²) in [5.41, 5.74) is 1.14. The van der Waals surface area contributed by atoms with Gasteiger partial charge >= 0.3 is 0 Å². The Bertz CT molecular complexity index is 119. The van der Waals surface area contributed by atoms with Gasteiger partial charge in [-0.25, -0.2) is 0 Å². The highest BCUT2D eigenvalue weighted by Gasteiger charge is 1.88. The quantitative estimate of drug-likeness (QED) is 0.560. The van der Waals surface area contributed by atoms with E-state index in [4.69, 9.17) is 5.11 Å². The third-order valence-electron chi connectivity index (χ3n) is 0.894. The van der Waals surface area contributed by atoms with Crippen molar-refractivity contribution in [1.82, 2.24) is 0 Å². The fraction of sp³-hybridized carbons (Fsp3) is 0.500. The van der Waals surface area contributed by atoms with Crippen LogP contribution in [0, 0.1) is 0 Å². The second kappa shape index (κ2) is 4.33. The third-order valence-corrected chi connectivity index (χ3v) is 0.894. The number of hydrogen-bond donors (Lipinski definition) is 1. The van der Waals surface area contributed by atoms with Gasteiger partial charge in [0.25, 0.3) is 0 Å². The van der Waals surface area contributed by atoms with Crippen LogP contribution in [0.3, 0.4) is 0 Å². The third kappa shape index (κ3) is 5.31. The lowest BCUT2D eigenvalue weighted by Crippen LogP contribution is -1.95. The van der Waals surface area contributed by atoms with Crippen LogP contribution in [0.4, 0.5) is 0 Å². The molecule has 1 atom stereocenters. The number of allylic oxidation sites excluding steroid dienone is 2. The van der Waals surface area contributed by atoms with Gasteiger partial charge in [-0.2, -0.15) is 0 Å². The summed E-state index contributed by atoms with van der Waals surface area (Å²) in [6, 6.07) is 0. The molecule has 0 saturated heterocycles. The van der Waals surface area contributed by atoms with E-state index >= 15 is 0 Å². The second-order valence-electron chi connectivity index (χ2n) is 2.26. The van der Waals surface area contributed by atoms with Crippen molar-refractivity contribution in [3.8, 4) is 0 Å². The maximum absolute atomic E-state index is 9.06. The molecular weight excluding hydrogens is 112 g/mol. The lowest BCUT2D eigenvalue weighted by Gasteiger charge is -1.96. The van der Waals surface area contributed by atoms with Crippen molar-refractivity contribution in [2.24, 2.45) is 0 Å². The van der Waals surface area contributed by atoms with E-state index < -0.39 is 6.10 Å². The summed E-state index contributed by atoms with van der Waals surface area (Å²) in [6.07, 6.45) is 4.98. The fourth-order valence-corrected chi connectivity index (χ4v) is 0.594. The minimum Gasteiger partial charge on any atom is -0.385 e. The van der Waals surface area contributed by atoms with E-state index in [2.05, 4.69) is 0 Å². The SMILES string of the molecule is C/C=C/C(O)C=C(C)C. The molecule has 0 fully saturated rings. The number of hydrogen-bond acceptors (Lipinski definition) is 1. The maximum Gasteiger partial charge on any atom is 0.0904 e. The molecule has 0 saturated carbocycles. The normalized spacial score (nSPS) is 13.8. The zero-order valence-corrected chi connectivity index (χ0v) is 6.26. The Labute approximate surface area is 56.7 Å². The lowest BCUT2D eigenvalue weighted by atomic mass is 10.2. The van der Waals surface area contributed by atoms with Gasteiger partial charge < -0.3 is 5.11 Å². The van der Waals surface area contributed by atoms with Gasteiger partial charge in [0, 0.05) is 0 Å². The van der Waals surface area contributed by atoms with Gasteiger partial charge in [0.15, 0.2) is 0 Å². The molecule has 0 aromatic carbocycles. The first-order valence-electron chi connectivity index (χ1n) is 3.12. The van der Waals surface area contributed by atoms with E-state index in [9.17, 15) is 0 Å². The Morgan fingerprint density at radius 3 is 2.33 bits per heavy atom.